The third-order valence-electron chi connectivity index (χ3n) is 8.52. The van der Waals surface area contributed by atoms with Gasteiger partial charge in [0, 0.05) is 51.0 Å². The van der Waals surface area contributed by atoms with Crippen LogP contribution in [0.3, 0.4) is 0 Å². The molecule has 5 atom stereocenters. The number of carbonyl (C=O) groups is 5. The highest BCUT2D eigenvalue weighted by atomic mass is 79.9. The summed E-state index contributed by atoms with van der Waals surface area (Å²) in [6.45, 7) is 13.5. The quantitative estimate of drug-likeness (QED) is 0.0228. The first-order valence-electron chi connectivity index (χ1n) is 21.7. The molecule has 0 aliphatic carbocycles. The Morgan fingerprint density at radius 1 is 0.484 bits per heavy atom. The fourth-order valence-corrected chi connectivity index (χ4v) is 7.61. The van der Waals surface area contributed by atoms with Crippen molar-refractivity contribution in [1.29, 1.82) is 0 Å². The summed E-state index contributed by atoms with van der Waals surface area (Å²) in [7, 11) is 0. The van der Waals surface area contributed by atoms with E-state index in [1.807, 2.05) is 85.9 Å². The Kier molecular flexibility index (Phi) is 43.7. The van der Waals surface area contributed by atoms with Crippen molar-refractivity contribution < 1.29 is 24.0 Å². The molecule has 2 aromatic rings. The van der Waals surface area contributed by atoms with E-state index in [1.165, 1.54) is 36.4 Å². The largest absolute Gasteiger partial charge is 0.355 e. The Balaban J connectivity index is 0. The van der Waals surface area contributed by atoms with Gasteiger partial charge in [-0.05, 0) is 126 Å². The number of hydrogen-bond donors (Lipinski definition) is 6. The molecule has 0 bridgehead atoms. The third kappa shape index (κ3) is 37.9. The van der Waals surface area contributed by atoms with Crippen molar-refractivity contribution in [3.05, 3.63) is 49.1 Å². The van der Waals surface area contributed by atoms with Crippen LogP contribution in [0.15, 0.2) is 49.1 Å². The fraction of sp³-hybridized carbons (Fsp3) is 0.651. The van der Waals surface area contributed by atoms with E-state index < -0.39 is 0 Å². The average Bonchev–Trinajstić information content (AvgIpc) is 4.01. The first-order chi connectivity index (χ1) is 30.4. The Morgan fingerprint density at radius 2 is 0.734 bits per heavy atom. The summed E-state index contributed by atoms with van der Waals surface area (Å²) in [4.78, 5) is 56.5. The number of hydrogen-bond acceptors (Lipinski definition) is 11. The second-order valence-corrected chi connectivity index (χ2v) is 23.2. The van der Waals surface area contributed by atoms with Gasteiger partial charge in [0.1, 0.15) is 8.64 Å². The summed E-state index contributed by atoms with van der Waals surface area (Å²) in [5, 5.41) is 11.2. The van der Waals surface area contributed by atoms with E-state index in [0.717, 1.165) is 90.4 Å². The Labute approximate surface area is 435 Å². The molecular formula is C43H72Br4N8O5S4. The number of nitrogens with zero attached hydrogens (tertiary/aromatic N) is 2. The van der Waals surface area contributed by atoms with Crippen LogP contribution >= 0.6 is 112 Å². The molecule has 0 saturated carbocycles. The van der Waals surface area contributed by atoms with Crippen LogP contribution in [0.5, 0.6) is 0 Å². The molecule has 0 aliphatic rings. The van der Waals surface area contributed by atoms with E-state index in [4.69, 9.17) is 35.9 Å². The molecule has 13 nitrogen and oxygen atoms in total. The minimum Gasteiger partial charge on any atom is -0.355 e. The number of halogens is 4. The second-order valence-electron chi connectivity index (χ2n) is 14.4. The summed E-state index contributed by atoms with van der Waals surface area (Å²) < 4.78 is 4.98. The molecule has 21 heteroatoms. The Bertz CT molecular complexity index is 1450. The molecule has 64 heavy (non-hydrogen) atoms. The molecule has 0 spiro atoms. The Hall–Kier alpha value is -1.17. The number of aromatic nitrogens is 2. The molecule has 5 unspecified atom stereocenters. The SMILES string of the molecule is CC(Br)C(=O)Br.CC(Br)C(=O)NCCCCCCNC(=O)C(C)Br.CC(SC(=S)n1cccc1)C(=O)NCCCCCCNC(=O)C(C)SC(=S)n1cccc1.NCCCCCCN. The fourth-order valence-electron chi connectivity index (χ4n) is 4.71. The number of amides is 4. The highest BCUT2D eigenvalue weighted by Gasteiger charge is 2.17. The van der Waals surface area contributed by atoms with Gasteiger partial charge in [-0.2, -0.15) is 0 Å². The number of alkyl halides is 3. The molecule has 2 rings (SSSR count). The van der Waals surface area contributed by atoms with Gasteiger partial charge >= 0.3 is 0 Å². The van der Waals surface area contributed by atoms with Gasteiger partial charge in [0.15, 0.2) is 0 Å². The topological polar surface area (TPSA) is 195 Å². The molecule has 0 saturated heterocycles. The number of nitrogens with two attached hydrogens (primary N) is 2. The van der Waals surface area contributed by atoms with Crippen molar-refractivity contribution >= 4 is 149 Å². The lowest BCUT2D eigenvalue weighted by atomic mass is 10.2. The number of rotatable bonds is 26. The average molecular weight is 1230 g/mol. The van der Waals surface area contributed by atoms with Crippen molar-refractivity contribution in [3.63, 3.8) is 0 Å². The molecule has 2 aromatic heterocycles. The highest BCUT2D eigenvalue weighted by Crippen LogP contribution is 2.16. The number of thioether (sulfide) groups is 2. The molecule has 0 aliphatic heterocycles. The lowest BCUT2D eigenvalue weighted by Crippen LogP contribution is -2.33. The van der Waals surface area contributed by atoms with Gasteiger partial charge in [0.25, 0.3) is 0 Å². The molecule has 0 fully saturated rings. The molecule has 0 aromatic carbocycles. The molecule has 2 heterocycles. The lowest BCUT2D eigenvalue weighted by Gasteiger charge is -2.13. The van der Waals surface area contributed by atoms with E-state index >= 15 is 0 Å². The Morgan fingerprint density at radius 3 is 0.969 bits per heavy atom. The van der Waals surface area contributed by atoms with Crippen molar-refractivity contribution in [1.82, 2.24) is 30.4 Å². The highest BCUT2D eigenvalue weighted by molar-refractivity contribution is 9.20. The second kappa shape index (κ2) is 43.1. The summed E-state index contributed by atoms with van der Waals surface area (Å²) in [6, 6.07) is 7.62. The van der Waals surface area contributed by atoms with Crippen molar-refractivity contribution in [3.8, 4) is 0 Å². The van der Waals surface area contributed by atoms with Crippen molar-refractivity contribution in [2.45, 2.75) is 137 Å². The first kappa shape index (κ1) is 64.9. The summed E-state index contributed by atoms with van der Waals surface area (Å²) in [6.07, 6.45) is 20.2. The van der Waals surface area contributed by atoms with Crippen LogP contribution in [0.2, 0.25) is 0 Å². The number of carbonyl (C=O) groups excluding carboxylic acids is 5. The van der Waals surface area contributed by atoms with Gasteiger partial charge in [0.05, 0.1) is 25.0 Å². The van der Waals surface area contributed by atoms with Crippen LogP contribution in [0.1, 0.15) is 112 Å². The van der Waals surface area contributed by atoms with Crippen LogP contribution in [0.4, 0.5) is 0 Å². The molecule has 8 N–H and O–H groups in total. The van der Waals surface area contributed by atoms with Gasteiger partial charge in [0.2, 0.25) is 28.3 Å². The van der Waals surface area contributed by atoms with Gasteiger partial charge in [-0.15, -0.1) is 0 Å². The van der Waals surface area contributed by atoms with E-state index in [-0.39, 0.29) is 53.3 Å². The molecule has 4 amide bonds. The number of thiocarbonyl (C=S) groups is 2. The van der Waals surface area contributed by atoms with Gasteiger partial charge in [-0.25, -0.2) is 0 Å². The normalized spacial score (nSPS) is 12.7. The maximum atomic E-state index is 12.2. The summed E-state index contributed by atoms with van der Waals surface area (Å²) in [5.41, 5.74) is 10.6. The standard InChI is InChI=1S/C22H30N4O2S4.C12H22Br2N2O2.C6H16N2.C3H4Br2O/c1-17(31-21(29)25-13-7-8-14-25)19(27)23-11-5-3-4-6-12-24-20(28)18(2)32-22(30)26-15-9-10-16-26;1-9(13)11(17)15-7-5-3-4-6-8-16-12(18)10(2)14;7-5-3-1-2-4-6-8;1-2(4)3(5)6/h7-10,13-18H,3-6,11-12H2,1-2H3,(H,23,27)(H,24,28);9-10H,3-8H2,1-2H3,(H,15,17)(H,16,18);1-8H2;2H,1H3. The number of nitrogens with one attached hydrogen (secondary N) is 4. The number of unbranched alkanes of at least 4 members (excludes halogenated alkanes) is 9. The predicted molar refractivity (Wildman–Crippen MR) is 294 cm³/mol. The zero-order valence-electron chi connectivity index (χ0n) is 38.0. The zero-order valence-corrected chi connectivity index (χ0v) is 47.6. The maximum absolute atomic E-state index is 12.2. The van der Waals surface area contributed by atoms with E-state index in [2.05, 4.69) is 85.0 Å². The van der Waals surface area contributed by atoms with E-state index in [0.29, 0.717) is 21.7 Å². The maximum Gasteiger partial charge on any atom is 0.233 e. The van der Waals surface area contributed by atoms with Gasteiger partial charge in [-0.1, -0.05) is 134 Å². The van der Waals surface area contributed by atoms with Crippen molar-refractivity contribution in [2.75, 3.05) is 39.3 Å². The van der Waals surface area contributed by atoms with Crippen molar-refractivity contribution in [2.24, 2.45) is 11.5 Å². The monoisotopic (exact) mass is 1220 g/mol. The summed E-state index contributed by atoms with van der Waals surface area (Å²) in [5.74, 6) is 0.0734. The van der Waals surface area contributed by atoms with Gasteiger partial charge in [-0.3, -0.25) is 24.0 Å². The van der Waals surface area contributed by atoms with E-state index in [1.54, 1.807) is 6.92 Å². The van der Waals surface area contributed by atoms with Crippen LogP contribution in [-0.4, -0.2) is 110 Å². The summed E-state index contributed by atoms with van der Waals surface area (Å²) >= 11 is 25.7. The predicted octanol–water partition coefficient (Wildman–Crippen LogP) is 8.79. The molecular weight excluding hydrogens is 1160 g/mol. The minimum absolute atomic E-state index is 0.00100. The minimum atomic E-state index is -0.231. The van der Waals surface area contributed by atoms with Gasteiger partial charge < -0.3 is 41.9 Å². The van der Waals surface area contributed by atoms with Crippen LogP contribution in [-0.2, 0) is 24.0 Å². The van der Waals surface area contributed by atoms with E-state index in [9.17, 15) is 24.0 Å². The lowest BCUT2D eigenvalue weighted by molar-refractivity contribution is -0.121. The molecule has 366 valence electrons. The van der Waals surface area contributed by atoms with Crippen LogP contribution in [0.25, 0.3) is 0 Å². The first-order valence-corrected chi connectivity index (χ1v) is 27.8. The smallest absolute Gasteiger partial charge is 0.233 e. The van der Waals surface area contributed by atoms with Crippen LogP contribution < -0.4 is 32.7 Å². The van der Waals surface area contributed by atoms with Crippen LogP contribution in [0, 0.1) is 0 Å². The zero-order chi connectivity index (χ0) is 48.7. The third-order valence-corrected chi connectivity index (χ3v) is 14.0. The molecule has 0 radical (unpaired) electrons.